The highest BCUT2D eigenvalue weighted by atomic mass is 16.1. The SMILES string of the molecule is Cc1nc2ccn(-c3ccccc3)c(=O)c2c2ccn(-c3ccccc3)c(=O)c12. The fourth-order valence-electron chi connectivity index (χ4n) is 3.79. The van der Waals surface area contributed by atoms with Gasteiger partial charge in [0.05, 0.1) is 22.0 Å². The van der Waals surface area contributed by atoms with Gasteiger partial charge < -0.3 is 0 Å². The minimum Gasteiger partial charge on any atom is -0.284 e. The predicted octanol–water partition coefficient (Wildman–Crippen LogP) is 4.00. The summed E-state index contributed by atoms with van der Waals surface area (Å²) in [5.74, 6) is 0. The van der Waals surface area contributed by atoms with Gasteiger partial charge in [-0.15, -0.1) is 0 Å². The van der Waals surface area contributed by atoms with Crippen LogP contribution in [0.15, 0.2) is 94.8 Å². The van der Waals surface area contributed by atoms with Crippen molar-refractivity contribution in [3.63, 3.8) is 0 Å². The summed E-state index contributed by atoms with van der Waals surface area (Å²) in [6, 6.07) is 22.5. The minimum atomic E-state index is -0.192. The first-order valence-electron chi connectivity index (χ1n) is 9.33. The van der Waals surface area contributed by atoms with E-state index >= 15 is 0 Å². The second-order valence-corrected chi connectivity index (χ2v) is 6.90. The summed E-state index contributed by atoms with van der Waals surface area (Å²) in [6.45, 7) is 1.81. The smallest absolute Gasteiger partial charge is 0.265 e. The van der Waals surface area contributed by atoms with Gasteiger partial charge in [0.25, 0.3) is 11.1 Å². The van der Waals surface area contributed by atoms with Crippen molar-refractivity contribution in [3.05, 3.63) is 112 Å². The lowest BCUT2D eigenvalue weighted by Gasteiger charge is -2.12. The van der Waals surface area contributed by atoms with Crippen LogP contribution in [0.5, 0.6) is 0 Å². The number of hydrogen-bond donors (Lipinski definition) is 0. The molecule has 0 spiro atoms. The molecule has 3 heterocycles. The molecule has 5 nitrogen and oxygen atoms in total. The fourth-order valence-corrected chi connectivity index (χ4v) is 3.79. The summed E-state index contributed by atoms with van der Waals surface area (Å²) in [5, 5.41) is 1.54. The highest BCUT2D eigenvalue weighted by Crippen LogP contribution is 2.22. The van der Waals surface area contributed by atoms with E-state index in [-0.39, 0.29) is 11.1 Å². The molecule has 3 aromatic heterocycles. The Labute approximate surface area is 166 Å². The van der Waals surface area contributed by atoms with E-state index < -0.39 is 0 Å². The number of pyridine rings is 3. The van der Waals surface area contributed by atoms with Crippen LogP contribution >= 0.6 is 0 Å². The molecule has 0 unspecified atom stereocenters. The number of aromatic nitrogens is 3. The number of rotatable bonds is 2. The molecular formula is C24H17N3O2. The summed E-state index contributed by atoms with van der Waals surface area (Å²) < 4.78 is 3.17. The molecular weight excluding hydrogens is 362 g/mol. The monoisotopic (exact) mass is 379 g/mol. The third-order valence-corrected chi connectivity index (χ3v) is 5.15. The van der Waals surface area contributed by atoms with Gasteiger partial charge in [-0.25, -0.2) is 0 Å². The second kappa shape index (κ2) is 6.56. The van der Waals surface area contributed by atoms with Crippen LogP contribution in [0.1, 0.15) is 5.69 Å². The second-order valence-electron chi connectivity index (χ2n) is 6.90. The Hall–Kier alpha value is -3.99. The molecule has 0 saturated heterocycles. The lowest BCUT2D eigenvalue weighted by atomic mass is 10.1. The van der Waals surface area contributed by atoms with E-state index in [4.69, 9.17) is 0 Å². The van der Waals surface area contributed by atoms with Crippen LogP contribution in [-0.4, -0.2) is 14.1 Å². The molecule has 0 fully saturated rings. The first kappa shape index (κ1) is 17.1. The van der Waals surface area contributed by atoms with Crippen LogP contribution in [0, 0.1) is 6.92 Å². The van der Waals surface area contributed by atoms with Crippen molar-refractivity contribution in [2.75, 3.05) is 0 Å². The summed E-state index contributed by atoms with van der Waals surface area (Å²) >= 11 is 0. The van der Waals surface area contributed by atoms with Gasteiger partial charge in [-0.2, -0.15) is 0 Å². The van der Waals surface area contributed by atoms with Crippen molar-refractivity contribution in [3.8, 4) is 11.4 Å². The lowest BCUT2D eigenvalue weighted by Crippen LogP contribution is -2.22. The van der Waals surface area contributed by atoms with E-state index in [1.165, 1.54) is 0 Å². The number of benzene rings is 2. The molecule has 5 aromatic rings. The molecule has 0 N–H and O–H groups in total. The summed E-state index contributed by atoms with van der Waals surface area (Å²) in [4.78, 5) is 31.2. The molecule has 0 atom stereocenters. The highest BCUT2D eigenvalue weighted by Gasteiger charge is 2.15. The third-order valence-electron chi connectivity index (χ3n) is 5.15. The number of nitrogens with zero attached hydrogens (tertiary/aromatic N) is 3. The maximum Gasteiger partial charge on any atom is 0.265 e. The molecule has 140 valence electrons. The Morgan fingerprint density at radius 3 is 1.76 bits per heavy atom. The molecule has 0 bridgehead atoms. The Balaban J connectivity index is 1.88. The van der Waals surface area contributed by atoms with E-state index in [1.807, 2.05) is 72.8 Å². The lowest BCUT2D eigenvalue weighted by molar-refractivity contribution is 0.996. The van der Waals surface area contributed by atoms with Gasteiger partial charge in [0, 0.05) is 29.2 Å². The van der Waals surface area contributed by atoms with Crippen molar-refractivity contribution in [1.82, 2.24) is 14.1 Å². The van der Waals surface area contributed by atoms with E-state index in [0.717, 1.165) is 11.4 Å². The van der Waals surface area contributed by atoms with Gasteiger partial charge >= 0.3 is 0 Å². The first-order chi connectivity index (χ1) is 14.1. The van der Waals surface area contributed by atoms with E-state index in [0.29, 0.717) is 27.4 Å². The molecule has 5 rings (SSSR count). The maximum atomic E-state index is 13.3. The average Bonchev–Trinajstić information content (AvgIpc) is 2.75. The Morgan fingerprint density at radius 1 is 0.655 bits per heavy atom. The topological polar surface area (TPSA) is 56.9 Å². The van der Waals surface area contributed by atoms with Crippen LogP contribution in [0.25, 0.3) is 33.1 Å². The Kier molecular flexibility index (Phi) is 3.88. The van der Waals surface area contributed by atoms with Gasteiger partial charge in [0.15, 0.2) is 0 Å². The molecule has 0 amide bonds. The predicted molar refractivity (Wildman–Crippen MR) is 115 cm³/mol. The van der Waals surface area contributed by atoms with Crippen molar-refractivity contribution < 1.29 is 0 Å². The maximum absolute atomic E-state index is 13.3. The summed E-state index contributed by atoms with van der Waals surface area (Å²) in [5.41, 5.74) is 2.36. The van der Waals surface area contributed by atoms with Crippen LogP contribution in [0.4, 0.5) is 0 Å². The first-order valence-corrected chi connectivity index (χ1v) is 9.33. The number of aryl methyl sites for hydroxylation is 1. The average molecular weight is 379 g/mol. The van der Waals surface area contributed by atoms with Gasteiger partial charge in [-0.05, 0) is 43.3 Å². The molecule has 0 aliphatic heterocycles. The van der Waals surface area contributed by atoms with Crippen LogP contribution < -0.4 is 11.1 Å². The van der Waals surface area contributed by atoms with Crippen molar-refractivity contribution in [2.45, 2.75) is 6.92 Å². The Bertz CT molecular complexity index is 1480. The van der Waals surface area contributed by atoms with Crippen molar-refractivity contribution in [1.29, 1.82) is 0 Å². The zero-order chi connectivity index (χ0) is 20.0. The van der Waals surface area contributed by atoms with Crippen LogP contribution in [0.2, 0.25) is 0 Å². The van der Waals surface area contributed by atoms with E-state index in [1.54, 1.807) is 28.5 Å². The molecule has 0 radical (unpaired) electrons. The van der Waals surface area contributed by atoms with Crippen LogP contribution in [0.3, 0.4) is 0 Å². The number of hydrogen-bond acceptors (Lipinski definition) is 3. The largest absolute Gasteiger partial charge is 0.284 e. The van der Waals surface area contributed by atoms with Gasteiger partial charge in [0.2, 0.25) is 0 Å². The van der Waals surface area contributed by atoms with Crippen LogP contribution in [-0.2, 0) is 0 Å². The zero-order valence-electron chi connectivity index (χ0n) is 15.7. The molecule has 0 aliphatic carbocycles. The van der Waals surface area contributed by atoms with Gasteiger partial charge in [-0.1, -0.05) is 36.4 Å². The Morgan fingerprint density at radius 2 is 1.17 bits per heavy atom. The number of para-hydroxylation sites is 2. The summed E-state index contributed by atoms with van der Waals surface area (Å²) in [7, 11) is 0. The third kappa shape index (κ3) is 2.67. The van der Waals surface area contributed by atoms with E-state index in [9.17, 15) is 9.59 Å². The zero-order valence-corrected chi connectivity index (χ0v) is 15.7. The highest BCUT2D eigenvalue weighted by molar-refractivity contribution is 6.05. The normalized spacial score (nSPS) is 11.2. The molecule has 0 saturated carbocycles. The summed E-state index contributed by atoms with van der Waals surface area (Å²) in [6.07, 6.45) is 3.45. The number of fused-ring (bicyclic) bond motifs is 3. The fraction of sp³-hybridized carbons (Fsp3) is 0.0417. The van der Waals surface area contributed by atoms with E-state index in [2.05, 4.69) is 4.98 Å². The molecule has 0 aliphatic rings. The minimum absolute atomic E-state index is 0.185. The quantitative estimate of drug-likeness (QED) is 0.436. The van der Waals surface area contributed by atoms with Gasteiger partial charge in [-0.3, -0.25) is 23.7 Å². The van der Waals surface area contributed by atoms with Crippen molar-refractivity contribution >= 4 is 21.7 Å². The standard InChI is InChI=1S/C24H17N3O2/c1-16-21-19(12-14-26(23(21)28)17-8-4-2-5-9-17)22-20(25-16)13-15-27(24(22)29)18-10-6-3-7-11-18/h2-15H,1H3. The molecule has 29 heavy (non-hydrogen) atoms. The molecule has 2 aromatic carbocycles. The van der Waals surface area contributed by atoms with Crippen molar-refractivity contribution in [2.24, 2.45) is 0 Å². The van der Waals surface area contributed by atoms with Gasteiger partial charge in [0.1, 0.15) is 0 Å². The molecule has 5 heteroatoms.